The molecule has 4 aromatic rings. The summed E-state index contributed by atoms with van der Waals surface area (Å²) in [6.45, 7) is 2.19. The number of thiophene rings is 1. The first-order valence-corrected chi connectivity index (χ1v) is 15.6. The smallest absolute Gasteiger partial charge is 0.417 e. The molecule has 2 aromatic carbocycles. The number of ether oxygens (including phenoxy) is 1. The second-order valence-electron chi connectivity index (χ2n) is 10.4. The molecular weight excluding hydrogens is 637 g/mol. The zero-order chi connectivity index (χ0) is 32.2. The maximum Gasteiger partial charge on any atom is 0.417 e. The molecule has 0 fully saturated rings. The first-order valence-electron chi connectivity index (χ1n) is 13.4. The van der Waals surface area contributed by atoms with Crippen LogP contribution in [-0.2, 0) is 28.6 Å². The van der Waals surface area contributed by atoms with Gasteiger partial charge >= 0.3 is 6.18 Å². The molecule has 0 bridgehead atoms. The third kappa shape index (κ3) is 7.74. The fourth-order valence-electron chi connectivity index (χ4n) is 4.57. The molecule has 2 aromatic heterocycles. The van der Waals surface area contributed by atoms with Crippen molar-refractivity contribution in [1.82, 2.24) is 14.5 Å². The number of aryl methyl sites for hydroxylation is 1. The average Bonchev–Trinajstić information content (AvgIpc) is 3.34. The number of hydrogen-bond acceptors (Lipinski definition) is 7. The lowest BCUT2D eigenvalue weighted by atomic mass is 9.89. The topological polar surface area (TPSA) is 93.5 Å². The molecule has 0 saturated heterocycles. The van der Waals surface area contributed by atoms with Crippen LogP contribution in [0.5, 0.6) is 5.75 Å². The van der Waals surface area contributed by atoms with Crippen LogP contribution in [0.2, 0.25) is 5.02 Å². The van der Waals surface area contributed by atoms with Gasteiger partial charge < -0.3 is 15.0 Å². The second kappa shape index (κ2) is 14.0. The molecule has 8 nitrogen and oxygen atoms in total. The van der Waals surface area contributed by atoms with Crippen molar-refractivity contribution in [3.05, 3.63) is 73.8 Å². The summed E-state index contributed by atoms with van der Waals surface area (Å²) >= 11 is 8.22. The van der Waals surface area contributed by atoms with E-state index in [-0.39, 0.29) is 17.0 Å². The van der Waals surface area contributed by atoms with Crippen molar-refractivity contribution in [1.29, 1.82) is 0 Å². The molecule has 0 spiro atoms. The lowest BCUT2D eigenvalue weighted by Gasteiger charge is -2.18. The molecule has 1 atom stereocenters. The quantitative estimate of drug-likeness (QED) is 0.134. The molecule has 2 heterocycles. The van der Waals surface area contributed by atoms with E-state index in [2.05, 4.69) is 12.2 Å². The van der Waals surface area contributed by atoms with Crippen LogP contribution in [0.3, 0.4) is 0 Å². The summed E-state index contributed by atoms with van der Waals surface area (Å²) in [5.74, 6) is 0.417. The lowest BCUT2D eigenvalue weighted by Crippen LogP contribution is -2.23. The highest BCUT2D eigenvalue weighted by atomic mass is 35.5. The maximum atomic E-state index is 13.9. The van der Waals surface area contributed by atoms with Crippen LogP contribution >= 0.6 is 34.7 Å². The van der Waals surface area contributed by atoms with Crippen molar-refractivity contribution >= 4 is 62.9 Å². The standard InChI is InChI=1S/C27H23ClF3N3O3S2.C3H7NO/c1-14-3-9-18-21(11-14)39-24-23(18)25(36)34(16-5-7-17(37-2)8-6-16)26(33-24)38-13-22(35)32-15-4-10-20(28)19(12-15)27(29,30)31;1-4(2)3-5/h4-8,10,12,14H,3,9,11,13H2,1-2H3,(H,32,35);3H,1-2H3. The van der Waals surface area contributed by atoms with E-state index in [0.717, 1.165) is 60.0 Å². The van der Waals surface area contributed by atoms with Crippen molar-refractivity contribution in [3.8, 4) is 11.4 Å². The van der Waals surface area contributed by atoms with Crippen molar-refractivity contribution in [3.63, 3.8) is 0 Å². The normalized spacial score (nSPS) is 14.3. The molecular formula is C30H30ClF3N4O4S2. The number of nitrogens with zero attached hydrogens (tertiary/aromatic N) is 3. The molecule has 1 aliphatic carbocycles. The van der Waals surface area contributed by atoms with Crippen LogP contribution in [0, 0.1) is 5.92 Å². The molecule has 1 N–H and O–H groups in total. The molecule has 5 rings (SSSR count). The van der Waals surface area contributed by atoms with Crippen molar-refractivity contribution in [2.24, 2.45) is 5.92 Å². The number of methoxy groups -OCH3 is 1. The van der Waals surface area contributed by atoms with E-state index in [4.69, 9.17) is 21.3 Å². The van der Waals surface area contributed by atoms with Gasteiger partial charge in [-0.25, -0.2) is 4.98 Å². The Balaban J connectivity index is 0.000000818. The minimum atomic E-state index is -4.65. The Kier molecular flexibility index (Phi) is 10.6. The van der Waals surface area contributed by atoms with Crippen molar-refractivity contribution in [2.45, 2.75) is 37.5 Å². The summed E-state index contributed by atoms with van der Waals surface area (Å²) < 4.78 is 46.4. The fraction of sp³-hybridized carbons (Fsp3) is 0.333. The Morgan fingerprint density at radius 3 is 2.55 bits per heavy atom. The van der Waals surface area contributed by atoms with E-state index in [0.29, 0.717) is 32.7 Å². The van der Waals surface area contributed by atoms with E-state index >= 15 is 0 Å². The van der Waals surface area contributed by atoms with Gasteiger partial charge in [0.2, 0.25) is 12.3 Å². The third-order valence-electron chi connectivity index (χ3n) is 6.73. The predicted molar refractivity (Wildman–Crippen MR) is 169 cm³/mol. The zero-order valence-electron chi connectivity index (χ0n) is 24.3. The number of amides is 2. The van der Waals surface area contributed by atoms with Crippen LogP contribution in [0.4, 0.5) is 18.9 Å². The molecule has 234 valence electrons. The number of hydrogen-bond donors (Lipinski definition) is 1. The molecule has 0 aliphatic heterocycles. The van der Waals surface area contributed by atoms with E-state index < -0.39 is 22.7 Å². The number of carbonyl (C=O) groups is 2. The van der Waals surface area contributed by atoms with Crippen LogP contribution in [0.1, 0.15) is 29.3 Å². The fourth-order valence-corrected chi connectivity index (χ4v) is 7.04. The third-order valence-corrected chi connectivity index (χ3v) is 9.14. The number of alkyl halides is 3. The number of aromatic nitrogens is 2. The van der Waals surface area contributed by atoms with E-state index in [1.165, 1.54) is 26.9 Å². The monoisotopic (exact) mass is 666 g/mol. The molecule has 0 saturated carbocycles. The number of benzene rings is 2. The summed E-state index contributed by atoms with van der Waals surface area (Å²) in [6.07, 6.45) is -1.20. The Morgan fingerprint density at radius 2 is 1.93 bits per heavy atom. The number of fused-ring (bicyclic) bond motifs is 3. The second-order valence-corrected chi connectivity index (χ2v) is 12.8. The first kappa shape index (κ1) is 33.3. The van der Waals surface area contributed by atoms with Gasteiger partial charge in [0.15, 0.2) is 5.16 Å². The number of anilines is 1. The van der Waals surface area contributed by atoms with Crippen molar-refractivity contribution < 1.29 is 27.5 Å². The minimum absolute atomic E-state index is 0.0340. The number of thioether (sulfide) groups is 1. The molecule has 44 heavy (non-hydrogen) atoms. The van der Waals surface area contributed by atoms with Crippen LogP contribution < -0.4 is 15.6 Å². The van der Waals surface area contributed by atoms with Gasteiger partial charge in [-0.3, -0.25) is 19.0 Å². The number of carbonyl (C=O) groups excluding carboxylic acids is 2. The Bertz CT molecular complexity index is 1720. The largest absolute Gasteiger partial charge is 0.497 e. The van der Waals surface area contributed by atoms with E-state index in [1.807, 2.05) is 0 Å². The molecule has 0 radical (unpaired) electrons. The van der Waals surface area contributed by atoms with Gasteiger partial charge in [0, 0.05) is 24.7 Å². The summed E-state index contributed by atoms with van der Waals surface area (Å²) in [5, 5.41) is 2.94. The van der Waals surface area contributed by atoms with Gasteiger partial charge in [-0.1, -0.05) is 30.3 Å². The van der Waals surface area contributed by atoms with Gasteiger partial charge in [0.1, 0.15) is 10.6 Å². The van der Waals surface area contributed by atoms with Crippen LogP contribution in [0.15, 0.2) is 52.4 Å². The molecule has 2 amide bonds. The predicted octanol–water partition coefficient (Wildman–Crippen LogP) is 6.69. The van der Waals surface area contributed by atoms with Gasteiger partial charge in [-0.2, -0.15) is 13.2 Å². The van der Waals surface area contributed by atoms with Crippen molar-refractivity contribution in [2.75, 3.05) is 32.3 Å². The first-order chi connectivity index (χ1) is 20.8. The summed E-state index contributed by atoms with van der Waals surface area (Å²) in [4.78, 5) is 44.1. The summed E-state index contributed by atoms with van der Waals surface area (Å²) in [6, 6.07) is 10.1. The highest BCUT2D eigenvalue weighted by Gasteiger charge is 2.33. The summed E-state index contributed by atoms with van der Waals surface area (Å²) in [7, 11) is 4.92. The van der Waals surface area contributed by atoms with E-state index in [1.54, 1.807) is 45.5 Å². The van der Waals surface area contributed by atoms with Gasteiger partial charge in [-0.15, -0.1) is 11.3 Å². The molecule has 1 aliphatic rings. The minimum Gasteiger partial charge on any atom is -0.497 e. The SMILES string of the molecule is CN(C)C=O.COc1ccc(-n2c(SCC(=O)Nc3ccc(Cl)c(C(F)(F)F)c3)nc3sc4c(c3c2=O)CCC(C)C4)cc1. The average molecular weight is 667 g/mol. The number of rotatable bonds is 7. The molecule has 14 heteroatoms. The Morgan fingerprint density at radius 1 is 1.25 bits per heavy atom. The van der Waals surface area contributed by atoms with Crippen LogP contribution in [0.25, 0.3) is 15.9 Å². The van der Waals surface area contributed by atoms with Gasteiger partial charge in [0.05, 0.1) is 34.5 Å². The molecule has 1 unspecified atom stereocenters. The Labute approximate surface area is 265 Å². The van der Waals surface area contributed by atoms with Gasteiger partial charge in [-0.05, 0) is 73.2 Å². The number of nitrogens with one attached hydrogen (secondary N) is 1. The van der Waals surface area contributed by atoms with Gasteiger partial charge in [0.25, 0.3) is 5.56 Å². The highest BCUT2D eigenvalue weighted by Crippen LogP contribution is 2.38. The van der Waals surface area contributed by atoms with E-state index in [9.17, 15) is 27.6 Å². The number of halogens is 4. The zero-order valence-corrected chi connectivity index (χ0v) is 26.7. The summed E-state index contributed by atoms with van der Waals surface area (Å²) in [5.41, 5.74) is 0.326. The Hall–Kier alpha value is -3.55. The highest BCUT2D eigenvalue weighted by molar-refractivity contribution is 7.99. The van der Waals surface area contributed by atoms with Crippen LogP contribution in [-0.4, -0.2) is 53.7 Å². The lowest BCUT2D eigenvalue weighted by molar-refractivity contribution is -0.137. The maximum absolute atomic E-state index is 13.9.